The lowest BCUT2D eigenvalue weighted by molar-refractivity contribution is 0.627. The molecule has 1 aromatic rings. The molecule has 1 heterocycles. The van der Waals surface area contributed by atoms with Crippen LogP contribution in [0.1, 0.15) is 6.92 Å². The molecule has 0 bridgehead atoms. The number of nitrogens with zero attached hydrogens (tertiary/aromatic N) is 1. The Labute approximate surface area is 81.7 Å². The van der Waals surface area contributed by atoms with Gasteiger partial charge in [0.05, 0.1) is 6.33 Å². The molecule has 0 fully saturated rings. The topological polar surface area (TPSA) is 110 Å². The highest BCUT2D eigenvalue weighted by Crippen LogP contribution is 2.07. The van der Waals surface area contributed by atoms with E-state index in [4.69, 9.17) is 11.5 Å². The molecule has 0 spiro atoms. The van der Waals surface area contributed by atoms with Gasteiger partial charge in [0.2, 0.25) is 0 Å². The zero-order valence-corrected chi connectivity index (χ0v) is 8.08. The third-order valence-electron chi connectivity index (χ3n) is 1.91. The molecule has 0 saturated heterocycles. The van der Waals surface area contributed by atoms with E-state index in [1.54, 1.807) is 0 Å². The number of hydrogen-bond donors (Lipinski definition) is 4. The third-order valence-corrected chi connectivity index (χ3v) is 1.91. The van der Waals surface area contributed by atoms with Gasteiger partial charge in [0.25, 0.3) is 5.56 Å². The Morgan fingerprint density at radius 1 is 1.71 bits per heavy atom. The van der Waals surface area contributed by atoms with Crippen molar-refractivity contribution in [2.24, 2.45) is 11.7 Å². The van der Waals surface area contributed by atoms with Gasteiger partial charge >= 0.3 is 0 Å². The summed E-state index contributed by atoms with van der Waals surface area (Å²) in [7, 11) is 0. The Morgan fingerprint density at radius 2 is 2.43 bits per heavy atom. The summed E-state index contributed by atoms with van der Waals surface area (Å²) in [5.41, 5.74) is 10.7. The van der Waals surface area contributed by atoms with E-state index in [0.717, 1.165) is 0 Å². The van der Waals surface area contributed by atoms with Gasteiger partial charge in [0.15, 0.2) is 5.82 Å². The van der Waals surface area contributed by atoms with E-state index < -0.39 is 0 Å². The smallest absolute Gasteiger partial charge is 0.276 e. The van der Waals surface area contributed by atoms with Crippen molar-refractivity contribution in [2.45, 2.75) is 6.92 Å². The maximum absolute atomic E-state index is 11.1. The van der Waals surface area contributed by atoms with Crippen LogP contribution in [-0.4, -0.2) is 23.1 Å². The molecule has 0 radical (unpaired) electrons. The second kappa shape index (κ2) is 4.61. The number of nitrogens with one attached hydrogen (secondary N) is 2. The van der Waals surface area contributed by atoms with E-state index >= 15 is 0 Å². The molecule has 0 saturated carbocycles. The maximum Gasteiger partial charge on any atom is 0.276 e. The largest absolute Gasteiger partial charge is 0.391 e. The quantitative estimate of drug-likeness (QED) is 0.513. The SMILES string of the molecule is CC(CN)CNc1nc[nH]c(=O)c1N. The molecular weight excluding hydrogens is 182 g/mol. The Morgan fingerprint density at radius 3 is 3.07 bits per heavy atom. The Balaban J connectivity index is 2.68. The molecule has 6 heteroatoms. The minimum Gasteiger partial charge on any atom is -0.391 e. The highest BCUT2D eigenvalue weighted by Gasteiger charge is 2.05. The summed E-state index contributed by atoms with van der Waals surface area (Å²) in [6.07, 6.45) is 1.31. The number of nitrogens with two attached hydrogens (primary N) is 2. The minimum absolute atomic E-state index is 0.108. The summed E-state index contributed by atoms with van der Waals surface area (Å²) >= 11 is 0. The zero-order valence-electron chi connectivity index (χ0n) is 8.08. The predicted molar refractivity (Wildman–Crippen MR) is 56.0 cm³/mol. The van der Waals surface area contributed by atoms with Gasteiger partial charge in [-0.3, -0.25) is 4.79 Å². The number of anilines is 2. The first-order valence-corrected chi connectivity index (χ1v) is 4.42. The van der Waals surface area contributed by atoms with Crippen LogP contribution in [0, 0.1) is 5.92 Å². The van der Waals surface area contributed by atoms with E-state index in [1.165, 1.54) is 6.33 Å². The first kappa shape index (κ1) is 10.5. The number of aromatic nitrogens is 2. The van der Waals surface area contributed by atoms with Gasteiger partial charge in [-0.15, -0.1) is 0 Å². The van der Waals surface area contributed by atoms with Crippen molar-refractivity contribution < 1.29 is 0 Å². The highest BCUT2D eigenvalue weighted by atomic mass is 16.1. The lowest BCUT2D eigenvalue weighted by Crippen LogP contribution is -2.22. The summed E-state index contributed by atoms with van der Waals surface area (Å²) in [5.74, 6) is 0.726. The van der Waals surface area contributed by atoms with E-state index in [-0.39, 0.29) is 11.2 Å². The van der Waals surface area contributed by atoms with Gasteiger partial charge < -0.3 is 21.8 Å². The summed E-state index contributed by atoms with van der Waals surface area (Å²) < 4.78 is 0. The number of rotatable bonds is 4. The molecular formula is C8H15N5O. The second-order valence-electron chi connectivity index (χ2n) is 3.22. The van der Waals surface area contributed by atoms with Crippen LogP contribution in [0.5, 0.6) is 0 Å². The fourth-order valence-corrected chi connectivity index (χ4v) is 0.905. The van der Waals surface area contributed by atoms with Crippen molar-refractivity contribution in [2.75, 3.05) is 24.1 Å². The van der Waals surface area contributed by atoms with E-state index in [0.29, 0.717) is 24.8 Å². The predicted octanol–water partition coefficient (Wildman–Crippen LogP) is -0.641. The average Bonchev–Trinajstić information content (AvgIpc) is 2.20. The van der Waals surface area contributed by atoms with Gasteiger partial charge in [-0.05, 0) is 12.5 Å². The fourth-order valence-electron chi connectivity index (χ4n) is 0.905. The van der Waals surface area contributed by atoms with Crippen molar-refractivity contribution in [1.82, 2.24) is 9.97 Å². The molecule has 6 N–H and O–H groups in total. The molecule has 0 aromatic carbocycles. The van der Waals surface area contributed by atoms with Crippen molar-refractivity contribution in [3.63, 3.8) is 0 Å². The fraction of sp³-hybridized carbons (Fsp3) is 0.500. The molecule has 1 unspecified atom stereocenters. The number of nitrogen functional groups attached to an aromatic ring is 1. The van der Waals surface area contributed by atoms with E-state index in [1.807, 2.05) is 6.92 Å². The Hall–Kier alpha value is -1.56. The minimum atomic E-state index is -0.331. The summed E-state index contributed by atoms with van der Waals surface area (Å²) in [5, 5.41) is 2.97. The monoisotopic (exact) mass is 197 g/mol. The lowest BCUT2D eigenvalue weighted by Gasteiger charge is -2.11. The zero-order chi connectivity index (χ0) is 10.6. The van der Waals surface area contributed by atoms with Gasteiger partial charge in [0.1, 0.15) is 5.69 Å². The van der Waals surface area contributed by atoms with Crippen LogP contribution in [0.2, 0.25) is 0 Å². The van der Waals surface area contributed by atoms with Gasteiger partial charge in [-0.2, -0.15) is 0 Å². The van der Waals surface area contributed by atoms with Crippen molar-refractivity contribution >= 4 is 11.5 Å². The van der Waals surface area contributed by atoms with Crippen LogP contribution >= 0.6 is 0 Å². The summed E-state index contributed by atoms with van der Waals surface area (Å²) in [6, 6.07) is 0. The van der Waals surface area contributed by atoms with E-state index in [9.17, 15) is 4.79 Å². The van der Waals surface area contributed by atoms with Gasteiger partial charge in [0, 0.05) is 6.54 Å². The number of H-pyrrole nitrogens is 1. The number of hydrogen-bond acceptors (Lipinski definition) is 5. The molecule has 0 aliphatic carbocycles. The first-order valence-electron chi connectivity index (χ1n) is 4.42. The Bertz CT molecular complexity index is 348. The lowest BCUT2D eigenvalue weighted by atomic mass is 10.2. The number of aromatic amines is 1. The highest BCUT2D eigenvalue weighted by molar-refractivity contribution is 5.58. The molecule has 6 nitrogen and oxygen atoms in total. The van der Waals surface area contributed by atoms with Crippen LogP contribution < -0.4 is 22.3 Å². The van der Waals surface area contributed by atoms with Crippen LogP contribution in [0.4, 0.5) is 11.5 Å². The van der Waals surface area contributed by atoms with Crippen LogP contribution in [0.3, 0.4) is 0 Å². The van der Waals surface area contributed by atoms with Crippen molar-refractivity contribution in [1.29, 1.82) is 0 Å². The van der Waals surface area contributed by atoms with Crippen LogP contribution in [-0.2, 0) is 0 Å². The molecule has 0 aliphatic rings. The summed E-state index contributed by atoms with van der Waals surface area (Å²) in [6.45, 7) is 3.23. The molecule has 14 heavy (non-hydrogen) atoms. The molecule has 1 aromatic heterocycles. The molecule has 1 rings (SSSR count). The molecule has 78 valence electrons. The second-order valence-corrected chi connectivity index (χ2v) is 3.22. The first-order chi connectivity index (χ1) is 6.65. The van der Waals surface area contributed by atoms with Crippen LogP contribution in [0.25, 0.3) is 0 Å². The van der Waals surface area contributed by atoms with Gasteiger partial charge in [-0.1, -0.05) is 6.92 Å². The normalized spacial score (nSPS) is 12.4. The molecule has 1 atom stereocenters. The standard InChI is InChI=1S/C8H15N5O/c1-5(2-9)3-11-7-6(10)8(14)13-4-12-7/h4-5H,2-3,9-10H2,1H3,(H2,11,12,13,14). The van der Waals surface area contributed by atoms with Crippen molar-refractivity contribution in [3.8, 4) is 0 Å². The maximum atomic E-state index is 11.1. The van der Waals surface area contributed by atoms with Crippen LogP contribution in [0.15, 0.2) is 11.1 Å². The summed E-state index contributed by atoms with van der Waals surface area (Å²) in [4.78, 5) is 17.4. The van der Waals surface area contributed by atoms with Crippen molar-refractivity contribution in [3.05, 3.63) is 16.7 Å². The molecule has 0 amide bonds. The average molecular weight is 197 g/mol. The molecule has 0 aliphatic heterocycles. The van der Waals surface area contributed by atoms with E-state index in [2.05, 4.69) is 15.3 Å². The third kappa shape index (κ3) is 2.46. The Kier molecular flexibility index (Phi) is 3.47. The van der Waals surface area contributed by atoms with Gasteiger partial charge in [-0.25, -0.2) is 4.98 Å².